The van der Waals surface area contributed by atoms with Crippen LogP contribution >= 0.6 is 11.3 Å². The Morgan fingerprint density at radius 2 is 1.79 bits per heavy atom. The average Bonchev–Trinajstić information content (AvgIpc) is 3.27. The first-order valence-corrected chi connectivity index (χ1v) is 13.3. The van der Waals surface area contributed by atoms with E-state index in [-0.39, 0.29) is 22.5 Å². The van der Waals surface area contributed by atoms with Crippen LogP contribution in [0.25, 0.3) is 10.4 Å². The molecule has 2 heterocycles. The minimum absolute atomic E-state index is 0.0507. The summed E-state index contributed by atoms with van der Waals surface area (Å²) < 4.78 is 10.5. The van der Waals surface area contributed by atoms with Crippen molar-refractivity contribution in [3.8, 4) is 21.9 Å². The first-order valence-electron chi connectivity index (χ1n) is 12.5. The molecule has 1 aliphatic rings. The molecule has 3 aromatic rings. The molecule has 0 radical (unpaired) electrons. The topological polar surface area (TPSA) is 146 Å². The summed E-state index contributed by atoms with van der Waals surface area (Å²) in [6.07, 6.45) is 1.67. The molecule has 11 heteroatoms. The number of carbonyl (C=O) groups is 3. The van der Waals surface area contributed by atoms with Crippen LogP contribution in [0.2, 0.25) is 0 Å². The number of nitrogens with one attached hydrogen (secondary N) is 3. The monoisotopic (exact) mass is 553 g/mol. The molecule has 1 atom stereocenters. The zero-order chi connectivity index (χ0) is 27.9. The Bertz CT molecular complexity index is 1330. The van der Waals surface area contributed by atoms with Crippen LogP contribution in [-0.2, 0) is 9.59 Å². The van der Waals surface area contributed by atoms with Crippen LogP contribution in [0.5, 0.6) is 11.5 Å². The summed E-state index contributed by atoms with van der Waals surface area (Å²) in [5.41, 5.74) is 2.65. The number of hydrogen-bond acceptors (Lipinski definition) is 8. The van der Waals surface area contributed by atoms with E-state index in [1.165, 1.54) is 0 Å². The Labute approximate surface area is 230 Å². The van der Waals surface area contributed by atoms with Crippen molar-refractivity contribution in [2.45, 2.75) is 25.8 Å². The zero-order valence-electron chi connectivity index (χ0n) is 21.7. The lowest BCUT2D eigenvalue weighted by Gasteiger charge is -2.31. The molecule has 39 heavy (non-hydrogen) atoms. The number of anilines is 2. The second kappa shape index (κ2) is 12.6. The molecule has 2 aromatic carbocycles. The van der Waals surface area contributed by atoms with Gasteiger partial charge in [0.25, 0.3) is 0 Å². The van der Waals surface area contributed by atoms with Crippen molar-refractivity contribution in [1.82, 2.24) is 5.32 Å². The number of hydrogen-bond donors (Lipinski definition) is 5. The Balaban J connectivity index is 1.60. The number of ether oxygens (including phenoxy) is 2. The third kappa shape index (κ3) is 6.87. The summed E-state index contributed by atoms with van der Waals surface area (Å²) >= 11 is 1.02. The van der Waals surface area contributed by atoms with Crippen LogP contribution < -0.4 is 25.4 Å². The Kier molecular flexibility index (Phi) is 9.05. The number of rotatable bonds is 11. The lowest BCUT2D eigenvalue weighted by molar-refractivity contribution is -0.139. The van der Waals surface area contributed by atoms with Crippen molar-refractivity contribution in [3.05, 3.63) is 59.0 Å². The van der Waals surface area contributed by atoms with Gasteiger partial charge in [-0.15, -0.1) is 11.3 Å². The van der Waals surface area contributed by atoms with Gasteiger partial charge in [-0.1, -0.05) is 12.1 Å². The number of aromatic carboxylic acids is 1. The zero-order valence-corrected chi connectivity index (χ0v) is 22.5. The SMILES string of the molecule is COc1ccc(NC(=O)C(Nc2cccc(-c3sc(C(=O)O)c(OCC(=O)O)c3C)c2)C2CCNCC2)cc1. The highest BCUT2D eigenvalue weighted by atomic mass is 32.1. The van der Waals surface area contributed by atoms with Crippen molar-refractivity contribution in [1.29, 1.82) is 0 Å². The molecule has 1 aliphatic heterocycles. The van der Waals surface area contributed by atoms with Gasteiger partial charge in [0, 0.05) is 21.8 Å². The first-order chi connectivity index (χ1) is 18.8. The van der Waals surface area contributed by atoms with Gasteiger partial charge in [0.15, 0.2) is 11.5 Å². The fourth-order valence-electron chi connectivity index (χ4n) is 4.62. The molecular formula is C28H31N3O7S. The van der Waals surface area contributed by atoms with E-state index in [9.17, 15) is 19.5 Å². The van der Waals surface area contributed by atoms with Crippen molar-refractivity contribution in [3.63, 3.8) is 0 Å². The third-order valence-corrected chi connectivity index (χ3v) is 7.88. The number of carboxylic acids is 2. The maximum Gasteiger partial charge on any atom is 0.349 e. The van der Waals surface area contributed by atoms with Crippen molar-refractivity contribution in [2.24, 2.45) is 5.92 Å². The molecule has 0 aliphatic carbocycles. The maximum atomic E-state index is 13.5. The number of benzene rings is 2. The summed E-state index contributed by atoms with van der Waals surface area (Å²) in [6.45, 7) is 2.71. The minimum atomic E-state index is -1.19. The quantitative estimate of drug-likeness (QED) is 0.234. The Morgan fingerprint density at radius 3 is 2.44 bits per heavy atom. The van der Waals surface area contributed by atoms with E-state index in [0.717, 1.165) is 42.8 Å². The van der Waals surface area contributed by atoms with Crippen LogP contribution in [0.3, 0.4) is 0 Å². The molecule has 1 aromatic heterocycles. The van der Waals surface area contributed by atoms with E-state index in [2.05, 4.69) is 16.0 Å². The van der Waals surface area contributed by atoms with Gasteiger partial charge in [-0.05, 0) is 80.7 Å². The summed E-state index contributed by atoms with van der Waals surface area (Å²) in [5.74, 6) is -1.68. The van der Waals surface area contributed by atoms with Crippen LogP contribution in [0.1, 0.15) is 28.1 Å². The lowest BCUT2D eigenvalue weighted by atomic mass is 9.89. The standard InChI is InChI=1S/C28H31N3O7S/c1-16-24(38-15-22(32)33)26(28(35)36)39-25(16)18-4-3-5-20(14-18)30-23(17-10-12-29-13-11-17)27(34)31-19-6-8-21(37-2)9-7-19/h3-9,14,17,23,29-30H,10-13,15H2,1-2H3,(H,31,34)(H,32,33)(H,35,36). The number of amides is 1. The van der Waals surface area contributed by atoms with Crippen LogP contribution in [0.4, 0.5) is 11.4 Å². The molecule has 0 saturated carbocycles. The fraction of sp³-hybridized carbons (Fsp3) is 0.321. The van der Waals surface area contributed by atoms with E-state index < -0.39 is 24.6 Å². The van der Waals surface area contributed by atoms with E-state index in [0.29, 0.717) is 27.6 Å². The Morgan fingerprint density at radius 1 is 1.08 bits per heavy atom. The predicted molar refractivity (Wildman–Crippen MR) is 149 cm³/mol. The van der Waals surface area contributed by atoms with Gasteiger partial charge in [-0.2, -0.15) is 0 Å². The van der Waals surface area contributed by atoms with Crippen LogP contribution in [0, 0.1) is 12.8 Å². The molecule has 10 nitrogen and oxygen atoms in total. The number of carbonyl (C=O) groups excluding carboxylic acids is 1. The van der Waals surface area contributed by atoms with Crippen LogP contribution in [-0.4, -0.2) is 60.9 Å². The second-order valence-electron chi connectivity index (χ2n) is 9.21. The lowest BCUT2D eigenvalue weighted by Crippen LogP contribution is -2.45. The minimum Gasteiger partial charge on any atom is -0.497 e. The molecule has 1 saturated heterocycles. The van der Waals surface area contributed by atoms with E-state index in [1.54, 1.807) is 38.3 Å². The molecule has 1 fully saturated rings. The second-order valence-corrected chi connectivity index (χ2v) is 10.2. The normalized spacial score (nSPS) is 14.3. The number of piperidine rings is 1. The molecule has 0 bridgehead atoms. The highest BCUT2D eigenvalue weighted by Crippen LogP contribution is 2.42. The van der Waals surface area contributed by atoms with E-state index in [1.807, 2.05) is 24.3 Å². The van der Waals surface area contributed by atoms with Gasteiger partial charge in [0.1, 0.15) is 17.5 Å². The molecule has 1 unspecified atom stereocenters. The average molecular weight is 554 g/mol. The predicted octanol–water partition coefficient (Wildman–Crippen LogP) is 4.31. The number of carboxylic acid groups (broad SMARTS) is 2. The Hall–Kier alpha value is -4.09. The number of aliphatic carboxylic acids is 1. The van der Waals surface area contributed by atoms with Gasteiger partial charge in [0.2, 0.25) is 5.91 Å². The van der Waals surface area contributed by atoms with E-state index >= 15 is 0 Å². The molecule has 0 spiro atoms. The van der Waals surface area contributed by atoms with Crippen LogP contribution in [0.15, 0.2) is 48.5 Å². The highest BCUT2D eigenvalue weighted by Gasteiger charge is 2.30. The molecule has 1 amide bonds. The molecule has 5 N–H and O–H groups in total. The van der Waals surface area contributed by atoms with Crippen molar-refractivity contribution < 1.29 is 34.1 Å². The van der Waals surface area contributed by atoms with Gasteiger partial charge >= 0.3 is 11.9 Å². The third-order valence-electron chi connectivity index (χ3n) is 6.57. The van der Waals surface area contributed by atoms with Gasteiger partial charge in [-0.3, -0.25) is 4.79 Å². The molecule has 206 valence electrons. The smallest absolute Gasteiger partial charge is 0.349 e. The maximum absolute atomic E-state index is 13.5. The largest absolute Gasteiger partial charge is 0.497 e. The molecule has 4 rings (SSSR count). The first kappa shape index (κ1) is 27.9. The van der Waals surface area contributed by atoms with Gasteiger partial charge in [-0.25, -0.2) is 9.59 Å². The summed E-state index contributed by atoms with van der Waals surface area (Å²) in [6, 6.07) is 14.0. The number of methoxy groups -OCH3 is 1. The van der Waals surface area contributed by atoms with Crippen molar-refractivity contribution in [2.75, 3.05) is 37.4 Å². The number of thiophene rings is 1. The summed E-state index contributed by atoms with van der Waals surface area (Å²) in [7, 11) is 1.59. The van der Waals surface area contributed by atoms with Gasteiger partial charge < -0.3 is 35.6 Å². The van der Waals surface area contributed by atoms with Crippen molar-refractivity contribution >= 4 is 40.6 Å². The molecular weight excluding hydrogens is 522 g/mol. The highest BCUT2D eigenvalue weighted by molar-refractivity contribution is 7.18. The summed E-state index contributed by atoms with van der Waals surface area (Å²) in [5, 5.41) is 28.4. The van der Waals surface area contributed by atoms with Gasteiger partial charge in [0.05, 0.1) is 7.11 Å². The fourth-order valence-corrected chi connectivity index (χ4v) is 5.71. The van der Waals surface area contributed by atoms with E-state index in [4.69, 9.17) is 14.6 Å². The summed E-state index contributed by atoms with van der Waals surface area (Å²) in [4.78, 5) is 36.9.